The number of rotatable bonds is 6. The summed E-state index contributed by atoms with van der Waals surface area (Å²) in [6, 6.07) is 3.07. The lowest BCUT2D eigenvalue weighted by atomic mass is 10.1. The van der Waals surface area contributed by atoms with Gasteiger partial charge in [0.1, 0.15) is 10.7 Å². The molecule has 1 aromatic rings. The molecular weight excluding hydrogens is 289 g/mol. The highest BCUT2D eigenvalue weighted by molar-refractivity contribution is 7.89. The van der Waals surface area contributed by atoms with Crippen LogP contribution in [0.5, 0.6) is 0 Å². The van der Waals surface area contributed by atoms with Crippen LogP contribution in [0, 0.1) is 11.7 Å². The van der Waals surface area contributed by atoms with Crippen molar-refractivity contribution in [2.45, 2.75) is 44.6 Å². The van der Waals surface area contributed by atoms with Gasteiger partial charge < -0.3 is 0 Å². The number of nitrogens with one attached hydrogen (secondary N) is 1. The van der Waals surface area contributed by atoms with E-state index < -0.39 is 15.8 Å². The summed E-state index contributed by atoms with van der Waals surface area (Å²) >= 11 is 5.77. The molecule has 0 saturated heterocycles. The summed E-state index contributed by atoms with van der Waals surface area (Å²) in [4.78, 5) is -0.0908. The van der Waals surface area contributed by atoms with E-state index in [9.17, 15) is 12.8 Å². The predicted molar refractivity (Wildman–Crippen MR) is 75.3 cm³/mol. The molecule has 0 aliphatic carbocycles. The Balaban J connectivity index is 2.81. The first-order valence-corrected chi connectivity index (χ1v) is 8.06. The molecule has 0 radical (unpaired) electrons. The molecule has 0 aliphatic rings. The topological polar surface area (TPSA) is 46.2 Å². The third-order valence-electron chi connectivity index (χ3n) is 2.72. The molecule has 3 nitrogen and oxygen atoms in total. The van der Waals surface area contributed by atoms with Crippen LogP contribution < -0.4 is 4.72 Å². The number of hydrogen-bond donors (Lipinski definition) is 1. The van der Waals surface area contributed by atoms with Gasteiger partial charge in [0.05, 0.1) is 5.02 Å². The first kappa shape index (κ1) is 16.4. The van der Waals surface area contributed by atoms with Crippen molar-refractivity contribution in [2.24, 2.45) is 5.92 Å². The predicted octanol–water partition coefficient (Wildman–Crippen LogP) is 3.58. The largest absolute Gasteiger partial charge is 0.242 e. The van der Waals surface area contributed by atoms with Gasteiger partial charge in [-0.3, -0.25) is 0 Å². The molecule has 0 amide bonds. The summed E-state index contributed by atoms with van der Waals surface area (Å²) in [5, 5.41) is -0.108. The highest BCUT2D eigenvalue weighted by Gasteiger charge is 2.20. The van der Waals surface area contributed by atoms with Crippen molar-refractivity contribution in [3.63, 3.8) is 0 Å². The summed E-state index contributed by atoms with van der Waals surface area (Å²) in [6.07, 6.45) is 1.68. The Bertz CT molecular complexity index is 531. The zero-order valence-electron chi connectivity index (χ0n) is 11.3. The maximum Gasteiger partial charge on any atom is 0.242 e. The van der Waals surface area contributed by atoms with Crippen molar-refractivity contribution in [3.8, 4) is 0 Å². The van der Waals surface area contributed by atoms with Gasteiger partial charge in [0.2, 0.25) is 10.0 Å². The van der Waals surface area contributed by atoms with Gasteiger partial charge in [0.15, 0.2) is 0 Å². The van der Waals surface area contributed by atoms with E-state index >= 15 is 0 Å². The average molecular weight is 308 g/mol. The van der Waals surface area contributed by atoms with E-state index in [1.807, 2.05) is 0 Å². The minimum Gasteiger partial charge on any atom is -0.208 e. The highest BCUT2D eigenvalue weighted by atomic mass is 35.5. The lowest BCUT2D eigenvalue weighted by Gasteiger charge is -2.16. The molecule has 6 heteroatoms. The van der Waals surface area contributed by atoms with Gasteiger partial charge in [-0.25, -0.2) is 17.5 Å². The van der Waals surface area contributed by atoms with Crippen molar-refractivity contribution in [3.05, 3.63) is 29.0 Å². The molecule has 1 rings (SSSR count). The Morgan fingerprint density at radius 2 is 1.89 bits per heavy atom. The molecular formula is C13H19ClFNO2S. The van der Waals surface area contributed by atoms with Crippen LogP contribution in [0.25, 0.3) is 0 Å². The Hall–Kier alpha value is -0.650. The Labute approximate surface area is 119 Å². The van der Waals surface area contributed by atoms with Crippen LogP contribution in [0.15, 0.2) is 23.1 Å². The molecule has 1 aromatic carbocycles. The van der Waals surface area contributed by atoms with Crippen LogP contribution in [0.4, 0.5) is 4.39 Å². The zero-order valence-corrected chi connectivity index (χ0v) is 12.9. The molecule has 0 spiro atoms. The first-order valence-electron chi connectivity index (χ1n) is 6.19. The summed E-state index contributed by atoms with van der Waals surface area (Å²) < 4.78 is 39.7. The second-order valence-electron chi connectivity index (χ2n) is 5.07. The number of halogens is 2. The third-order valence-corrected chi connectivity index (χ3v) is 4.79. The van der Waals surface area contributed by atoms with Gasteiger partial charge in [0.25, 0.3) is 0 Å². The van der Waals surface area contributed by atoms with Crippen LogP contribution in [-0.4, -0.2) is 14.5 Å². The molecule has 0 aliphatic heterocycles. The number of hydrogen-bond acceptors (Lipinski definition) is 2. The molecule has 0 fully saturated rings. The molecule has 1 unspecified atom stereocenters. The van der Waals surface area contributed by atoms with E-state index in [-0.39, 0.29) is 16.0 Å². The quantitative estimate of drug-likeness (QED) is 0.873. The highest BCUT2D eigenvalue weighted by Crippen LogP contribution is 2.22. The summed E-state index contributed by atoms with van der Waals surface area (Å²) in [5.41, 5.74) is 0. The summed E-state index contributed by atoms with van der Waals surface area (Å²) in [7, 11) is -3.70. The second kappa shape index (κ2) is 6.68. The zero-order chi connectivity index (χ0) is 14.6. The van der Waals surface area contributed by atoms with Crippen molar-refractivity contribution in [1.29, 1.82) is 0 Å². The number of benzene rings is 1. The van der Waals surface area contributed by atoms with Crippen molar-refractivity contribution < 1.29 is 12.8 Å². The molecule has 0 aromatic heterocycles. The fourth-order valence-electron chi connectivity index (χ4n) is 1.66. The summed E-state index contributed by atoms with van der Waals surface area (Å²) in [5.74, 6) is -0.0434. The van der Waals surface area contributed by atoms with E-state index in [1.54, 1.807) is 6.92 Å². The lowest BCUT2D eigenvalue weighted by molar-refractivity contribution is 0.485. The standard InChI is InChI=1S/C13H19ClFNO2S/c1-9(2)4-5-10(3)16-19(17,18)13-7-6-11(15)8-12(13)14/h6-10,16H,4-5H2,1-3H3. The molecule has 1 atom stereocenters. The SMILES string of the molecule is CC(C)CCC(C)NS(=O)(=O)c1ccc(F)cc1Cl. The van der Waals surface area contributed by atoms with Gasteiger partial charge >= 0.3 is 0 Å². The van der Waals surface area contributed by atoms with Crippen LogP contribution in [0.1, 0.15) is 33.6 Å². The normalized spacial score (nSPS) is 13.8. The number of sulfonamides is 1. The van der Waals surface area contributed by atoms with Crippen LogP contribution >= 0.6 is 11.6 Å². The first-order chi connectivity index (χ1) is 8.72. The summed E-state index contributed by atoms with van der Waals surface area (Å²) in [6.45, 7) is 5.97. The smallest absolute Gasteiger partial charge is 0.208 e. The van der Waals surface area contributed by atoms with Crippen LogP contribution in [-0.2, 0) is 10.0 Å². The van der Waals surface area contributed by atoms with E-state index in [0.717, 1.165) is 25.0 Å². The molecule has 0 bridgehead atoms. The second-order valence-corrected chi connectivity index (χ2v) is 7.16. The third kappa shape index (κ3) is 5.09. The average Bonchev–Trinajstić information content (AvgIpc) is 2.25. The maximum absolute atomic E-state index is 12.9. The minimum absolute atomic E-state index is 0.0908. The molecule has 108 valence electrons. The molecule has 0 saturated carbocycles. The van der Waals surface area contributed by atoms with Crippen molar-refractivity contribution in [2.75, 3.05) is 0 Å². The van der Waals surface area contributed by atoms with Crippen molar-refractivity contribution in [1.82, 2.24) is 4.72 Å². The minimum atomic E-state index is -3.70. The molecule has 0 heterocycles. The van der Waals surface area contributed by atoms with Gasteiger partial charge in [0, 0.05) is 6.04 Å². The Kier molecular flexibility index (Phi) is 5.77. The maximum atomic E-state index is 12.9. The Morgan fingerprint density at radius 3 is 2.42 bits per heavy atom. The fourth-order valence-corrected chi connectivity index (χ4v) is 3.47. The molecule has 19 heavy (non-hydrogen) atoms. The van der Waals surface area contributed by atoms with Crippen molar-refractivity contribution >= 4 is 21.6 Å². The van der Waals surface area contributed by atoms with Gasteiger partial charge in [-0.05, 0) is 43.9 Å². The fraction of sp³-hybridized carbons (Fsp3) is 0.538. The van der Waals surface area contributed by atoms with E-state index in [0.29, 0.717) is 5.92 Å². The van der Waals surface area contributed by atoms with Gasteiger partial charge in [-0.2, -0.15) is 0 Å². The van der Waals surface area contributed by atoms with Gasteiger partial charge in [-0.1, -0.05) is 25.4 Å². The van der Waals surface area contributed by atoms with Crippen LogP contribution in [0.2, 0.25) is 5.02 Å². The Morgan fingerprint density at radius 1 is 1.26 bits per heavy atom. The van der Waals surface area contributed by atoms with E-state index in [1.165, 1.54) is 6.07 Å². The lowest BCUT2D eigenvalue weighted by Crippen LogP contribution is -2.33. The van der Waals surface area contributed by atoms with E-state index in [2.05, 4.69) is 18.6 Å². The van der Waals surface area contributed by atoms with Crippen LogP contribution in [0.3, 0.4) is 0 Å². The van der Waals surface area contributed by atoms with E-state index in [4.69, 9.17) is 11.6 Å². The van der Waals surface area contributed by atoms with Gasteiger partial charge in [-0.15, -0.1) is 0 Å². The monoisotopic (exact) mass is 307 g/mol. The molecule has 1 N–H and O–H groups in total.